The number of likely N-dealkylation sites (tertiary alicyclic amines) is 1. The summed E-state index contributed by atoms with van der Waals surface area (Å²) in [7, 11) is 0. The molecule has 0 N–H and O–H groups in total. The summed E-state index contributed by atoms with van der Waals surface area (Å²) in [5.74, 6) is 1.91. The second kappa shape index (κ2) is 8.14. The fourth-order valence-corrected chi connectivity index (χ4v) is 3.55. The molecule has 4 rings (SSSR count). The van der Waals surface area contributed by atoms with Crippen LogP contribution in [0.2, 0.25) is 0 Å². The lowest BCUT2D eigenvalue weighted by Crippen LogP contribution is -2.24. The molecular formula is C21H20BrN3O3. The Balaban J connectivity index is 1.42. The van der Waals surface area contributed by atoms with E-state index in [-0.39, 0.29) is 11.8 Å². The van der Waals surface area contributed by atoms with Crippen molar-refractivity contribution in [2.24, 2.45) is 0 Å². The molecule has 2 aromatic carbocycles. The highest BCUT2D eigenvalue weighted by molar-refractivity contribution is 9.10. The summed E-state index contributed by atoms with van der Waals surface area (Å²) < 4.78 is 11.9. The lowest BCUT2D eigenvalue weighted by Gasteiger charge is -2.16. The molecule has 0 spiro atoms. The average molecular weight is 442 g/mol. The van der Waals surface area contributed by atoms with Gasteiger partial charge in [-0.2, -0.15) is 4.98 Å². The van der Waals surface area contributed by atoms with E-state index in [0.29, 0.717) is 37.8 Å². The maximum Gasteiger partial charge on any atom is 0.232 e. The zero-order valence-electron chi connectivity index (χ0n) is 15.5. The highest BCUT2D eigenvalue weighted by atomic mass is 79.9. The average Bonchev–Trinajstić information content (AvgIpc) is 3.32. The third-order valence-electron chi connectivity index (χ3n) is 4.72. The zero-order valence-corrected chi connectivity index (χ0v) is 17.1. The summed E-state index contributed by atoms with van der Waals surface area (Å²) in [6, 6.07) is 15.6. The van der Waals surface area contributed by atoms with E-state index in [1.54, 1.807) is 0 Å². The molecule has 1 saturated heterocycles. The third-order valence-corrected chi connectivity index (χ3v) is 5.24. The Bertz CT molecular complexity index is 954. The van der Waals surface area contributed by atoms with Crippen LogP contribution in [-0.2, 0) is 11.3 Å². The highest BCUT2D eigenvalue weighted by Crippen LogP contribution is 2.30. The Morgan fingerprint density at radius 2 is 1.93 bits per heavy atom. The van der Waals surface area contributed by atoms with Crippen LogP contribution in [0.5, 0.6) is 5.75 Å². The van der Waals surface area contributed by atoms with Crippen molar-refractivity contribution in [1.82, 2.24) is 15.0 Å². The maximum absolute atomic E-state index is 12.5. The van der Waals surface area contributed by atoms with Gasteiger partial charge >= 0.3 is 0 Å². The molecule has 3 aromatic rings. The van der Waals surface area contributed by atoms with Crippen LogP contribution in [0.15, 0.2) is 57.5 Å². The number of halogens is 1. The molecule has 1 fully saturated rings. The first-order valence-electron chi connectivity index (χ1n) is 9.21. The molecule has 0 aliphatic carbocycles. The van der Waals surface area contributed by atoms with Gasteiger partial charge in [0, 0.05) is 29.5 Å². The van der Waals surface area contributed by atoms with Crippen LogP contribution >= 0.6 is 15.9 Å². The van der Waals surface area contributed by atoms with Crippen LogP contribution in [0.4, 0.5) is 0 Å². The van der Waals surface area contributed by atoms with Crippen LogP contribution in [0.3, 0.4) is 0 Å². The van der Waals surface area contributed by atoms with Gasteiger partial charge in [0.1, 0.15) is 5.75 Å². The molecule has 0 radical (unpaired) electrons. The molecule has 144 valence electrons. The smallest absolute Gasteiger partial charge is 0.232 e. The van der Waals surface area contributed by atoms with Crippen molar-refractivity contribution < 1.29 is 14.1 Å². The minimum Gasteiger partial charge on any atom is -0.494 e. The Morgan fingerprint density at radius 3 is 2.64 bits per heavy atom. The SMILES string of the molecule is CCOc1ccc(CN2CC(c3nc(-c4ccc(Br)cc4)no3)CC2=O)cc1. The van der Waals surface area contributed by atoms with Crippen LogP contribution in [0, 0.1) is 0 Å². The molecular weight excluding hydrogens is 422 g/mol. The van der Waals surface area contributed by atoms with Crippen molar-refractivity contribution in [3.05, 3.63) is 64.5 Å². The van der Waals surface area contributed by atoms with Crippen LogP contribution in [-0.4, -0.2) is 34.1 Å². The van der Waals surface area contributed by atoms with E-state index < -0.39 is 0 Å². The number of rotatable bonds is 6. The summed E-state index contributed by atoms with van der Waals surface area (Å²) in [5, 5.41) is 4.08. The van der Waals surface area contributed by atoms with E-state index in [2.05, 4.69) is 26.1 Å². The molecule has 1 unspecified atom stereocenters. The number of benzene rings is 2. The number of amides is 1. The third kappa shape index (κ3) is 4.09. The normalized spacial score (nSPS) is 16.6. The number of aromatic nitrogens is 2. The Hall–Kier alpha value is -2.67. The van der Waals surface area contributed by atoms with E-state index >= 15 is 0 Å². The first-order chi connectivity index (χ1) is 13.6. The van der Waals surface area contributed by atoms with Gasteiger partial charge in [-0.05, 0) is 48.9 Å². The second-order valence-corrected chi connectivity index (χ2v) is 7.63. The van der Waals surface area contributed by atoms with E-state index in [4.69, 9.17) is 9.26 Å². The number of carbonyl (C=O) groups is 1. The van der Waals surface area contributed by atoms with E-state index in [0.717, 1.165) is 21.3 Å². The van der Waals surface area contributed by atoms with Crippen molar-refractivity contribution in [2.75, 3.05) is 13.2 Å². The van der Waals surface area contributed by atoms with Gasteiger partial charge < -0.3 is 14.2 Å². The number of nitrogens with zero attached hydrogens (tertiary/aromatic N) is 3. The fraction of sp³-hybridized carbons (Fsp3) is 0.286. The van der Waals surface area contributed by atoms with Crippen LogP contribution in [0.1, 0.15) is 30.7 Å². The highest BCUT2D eigenvalue weighted by Gasteiger charge is 2.34. The molecule has 1 atom stereocenters. The molecule has 1 amide bonds. The molecule has 1 aliphatic rings. The second-order valence-electron chi connectivity index (χ2n) is 6.72. The van der Waals surface area contributed by atoms with Crippen LogP contribution < -0.4 is 4.74 Å². The minimum atomic E-state index is -0.0769. The van der Waals surface area contributed by atoms with Gasteiger partial charge in [-0.25, -0.2) is 0 Å². The summed E-state index contributed by atoms with van der Waals surface area (Å²) in [4.78, 5) is 18.8. The molecule has 1 aromatic heterocycles. The Labute approximate surface area is 171 Å². The maximum atomic E-state index is 12.5. The fourth-order valence-electron chi connectivity index (χ4n) is 3.29. The Kier molecular flexibility index (Phi) is 5.43. The predicted octanol–water partition coefficient (Wildman–Crippen LogP) is 4.41. The molecule has 0 bridgehead atoms. The monoisotopic (exact) mass is 441 g/mol. The minimum absolute atomic E-state index is 0.0769. The van der Waals surface area contributed by atoms with Gasteiger partial charge in [0.05, 0.1) is 12.5 Å². The Morgan fingerprint density at radius 1 is 1.18 bits per heavy atom. The standard InChI is InChI=1S/C21H20BrN3O3/c1-2-27-18-9-3-14(4-10-18)12-25-13-16(11-19(25)26)21-23-20(24-28-21)15-5-7-17(22)8-6-15/h3-10,16H,2,11-13H2,1H3. The first kappa shape index (κ1) is 18.7. The number of hydrogen-bond donors (Lipinski definition) is 0. The summed E-state index contributed by atoms with van der Waals surface area (Å²) >= 11 is 3.41. The molecule has 1 aliphatic heterocycles. The van der Waals surface area contributed by atoms with E-state index in [9.17, 15) is 4.79 Å². The van der Waals surface area contributed by atoms with Crippen molar-refractivity contribution in [3.63, 3.8) is 0 Å². The summed E-state index contributed by atoms with van der Waals surface area (Å²) in [6.07, 6.45) is 0.388. The molecule has 28 heavy (non-hydrogen) atoms. The van der Waals surface area contributed by atoms with Crippen molar-refractivity contribution in [2.45, 2.75) is 25.8 Å². The number of ether oxygens (including phenoxy) is 1. The van der Waals surface area contributed by atoms with Gasteiger partial charge in [0.25, 0.3) is 0 Å². The van der Waals surface area contributed by atoms with Gasteiger partial charge in [-0.15, -0.1) is 0 Å². The van der Waals surface area contributed by atoms with Crippen molar-refractivity contribution >= 4 is 21.8 Å². The van der Waals surface area contributed by atoms with Gasteiger partial charge in [-0.3, -0.25) is 4.79 Å². The quantitative estimate of drug-likeness (QED) is 0.566. The molecule has 2 heterocycles. The van der Waals surface area contributed by atoms with Gasteiger partial charge in [0.15, 0.2) is 0 Å². The number of hydrogen-bond acceptors (Lipinski definition) is 5. The number of carbonyl (C=O) groups excluding carboxylic acids is 1. The molecule has 0 saturated carbocycles. The topological polar surface area (TPSA) is 68.5 Å². The largest absolute Gasteiger partial charge is 0.494 e. The van der Waals surface area contributed by atoms with Gasteiger partial charge in [-0.1, -0.05) is 33.2 Å². The van der Waals surface area contributed by atoms with Crippen molar-refractivity contribution in [3.8, 4) is 17.1 Å². The predicted molar refractivity (Wildman–Crippen MR) is 108 cm³/mol. The lowest BCUT2D eigenvalue weighted by atomic mass is 10.1. The van der Waals surface area contributed by atoms with E-state index in [1.807, 2.05) is 60.4 Å². The summed E-state index contributed by atoms with van der Waals surface area (Å²) in [5.41, 5.74) is 1.95. The van der Waals surface area contributed by atoms with Crippen molar-refractivity contribution in [1.29, 1.82) is 0 Å². The molecule has 6 nitrogen and oxygen atoms in total. The first-order valence-corrected chi connectivity index (χ1v) is 10.0. The lowest BCUT2D eigenvalue weighted by molar-refractivity contribution is -0.128. The van der Waals surface area contributed by atoms with Gasteiger partial charge in [0.2, 0.25) is 17.6 Å². The molecule has 7 heteroatoms. The summed E-state index contributed by atoms with van der Waals surface area (Å²) in [6.45, 7) is 3.73. The van der Waals surface area contributed by atoms with Crippen LogP contribution in [0.25, 0.3) is 11.4 Å². The zero-order chi connectivity index (χ0) is 19.5. The van der Waals surface area contributed by atoms with E-state index in [1.165, 1.54) is 0 Å².